The van der Waals surface area contributed by atoms with Crippen LogP contribution in [-0.4, -0.2) is 36.2 Å². The van der Waals surface area contributed by atoms with Crippen LogP contribution in [0.3, 0.4) is 0 Å². The molecule has 164 valence electrons. The molecule has 8 nitrogen and oxygen atoms in total. The standard InChI is InChI=1S/2C10H8O4S.Ni/c2*11-9-3-1-8-6-10(15(12,13)14)4-2-7(8)5-9;/h2*1-6,11H,(H,12,13,14);/q;;+2/p-2. The summed E-state index contributed by atoms with van der Waals surface area (Å²) < 4.78 is 64.4. The fraction of sp³-hybridized carbons (Fsp3) is 0. The normalized spacial score (nSPS) is 11.4. The topological polar surface area (TPSA) is 155 Å². The largest absolute Gasteiger partial charge is 2.00 e. The van der Waals surface area contributed by atoms with E-state index < -0.39 is 20.2 Å². The summed E-state index contributed by atoms with van der Waals surface area (Å²) in [5, 5.41) is 20.9. The summed E-state index contributed by atoms with van der Waals surface area (Å²) in [6.45, 7) is 0. The second-order valence-corrected chi connectivity index (χ2v) is 9.05. The molecule has 0 atom stereocenters. The van der Waals surface area contributed by atoms with Crippen LogP contribution in [0.5, 0.6) is 11.5 Å². The van der Waals surface area contributed by atoms with Crippen LogP contribution < -0.4 is 0 Å². The zero-order valence-electron chi connectivity index (χ0n) is 15.4. The molecule has 0 unspecified atom stereocenters. The van der Waals surface area contributed by atoms with Crippen LogP contribution in [0.2, 0.25) is 0 Å². The van der Waals surface area contributed by atoms with Crippen LogP contribution in [0.15, 0.2) is 82.6 Å². The molecule has 0 saturated carbocycles. The predicted octanol–water partition coefficient (Wildman–Crippen LogP) is 2.90. The van der Waals surface area contributed by atoms with Crippen molar-refractivity contribution in [2.24, 2.45) is 0 Å². The van der Waals surface area contributed by atoms with Gasteiger partial charge >= 0.3 is 16.5 Å². The molecule has 0 amide bonds. The monoisotopic (exact) mass is 504 g/mol. The summed E-state index contributed by atoms with van der Waals surface area (Å²) in [4.78, 5) is -0.527. The Kier molecular flexibility index (Phi) is 7.30. The molecule has 0 saturated heterocycles. The summed E-state index contributed by atoms with van der Waals surface area (Å²) in [5.74, 6) is 0.195. The Bertz CT molecular complexity index is 1350. The van der Waals surface area contributed by atoms with Crippen LogP contribution >= 0.6 is 0 Å². The summed E-state index contributed by atoms with van der Waals surface area (Å²) >= 11 is 0. The van der Waals surface area contributed by atoms with Crippen LogP contribution in [0.4, 0.5) is 0 Å². The molecule has 0 aromatic heterocycles. The van der Waals surface area contributed by atoms with E-state index in [4.69, 9.17) is 0 Å². The number of phenolic OH excluding ortho intramolecular Hbond substituents is 2. The van der Waals surface area contributed by atoms with E-state index in [0.717, 1.165) is 0 Å². The quantitative estimate of drug-likeness (QED) is 0.311. The summed E-state index contributed by atoms with van der Waals surface area (Å²) in [6, 6.07) is 17.0. The summed E-state index contributed by atoms with van der Waals surface area (Å²) in [7, 11) is -8.83. The van der Waals surface area contributed by atoms with Crippen molar-refractivity contribution in [3.8, 4) is 11.5 Å². The smallest absolute Gasteiger partial charge is 0.744 e. The molecule has 4 aromatic carbocycles. The van der Waals surface area contributed by atoms with E-state index >= 15 is 0 Å². The average Bonchev–Trinajstić information content (AvgIpc) is 2.66. The van der Waals surface area contributed by atoms with Crippen molar-refractivity contribution in [3.63, 3.8) is 0 Å². The number of benzene rings is 4. The van der Waals surface area contributed by atoms with Gasteiger partial charge in [-0.3, -0.25) is 0 Å². The maximum Gasteiger partial charge on any atom is 2.00 e. The summed E-state index contributed by atoms with van der Waals surface area (Å²) in [6.07, 6.45) is 0. The Morgan fingerprint density at radius 3 is 1.13 bits per heavy atom. The molecule has 0 radical (unpaired) electrons. The Hall–Kier alpha value is -2.69. The Labute approximate surface area is 188 Å². The molecule has 0 aliphatic heterocycles. The molecular weight excluding hydrogens is 491 g/mol. The molecule has 0 aliphatic carbocycles. The van der Waals surface area contributed by atoms with Crippen molar-refractivity contribution in [3.05, 3.63) is 72.8 Å². The molecule has 0 bridgehead atoms. The van der Waals surface area contributed by atoms with Gasteiger partial charge in [0, 0.05) is 0 Å². The number of phenols is 2. The van der Waals surface area contributed by atoms with Gasteiger partial charge in [-0.25, -0.2) is 16.8 Å². The average molecular weight is 505 g/mol. The summed E-state index contributed by atoms with van der Waals surface area (Å²) in [5.41, 5.74) is 0. The van der Waals surface area contributed by atoms with E-state index in [1.165, 1.54) is 60.7 Å². The molecule has 0 aliphatic rings. The fourth-order valence-electron chi connectivity index (χ4n) is 2.73. The van der Waals surface area contributed by atoms with Crippen molar-refractivity contribution in [1.82, 2.24) is 0 Å². The minimum Gasteiger partial charge on any atom is -0.744 e. The minimum absolute atomic E-state index is 0. The Morgan fingerprint density at radius 1 is 0.516 bits per heavy atom. The van der Waals surface area contributed by atoms with Gasteiger partial charge in [0.15, 0.2) is 0 Å². The molecule has 4 rings (SSSR count). The van der Waals surface area contributed by atoms with Gasteiger partial charge in [-0.1, -0.05) is 24.3 Å². The number of fused-ring (bicyclic) bond motifs is 2. The maximum absolute atomic E-state index is 10.7. The second kappa shape index (κ2) is 9.21. The Balaban J connectivity index is 0.000000213. The first kappa shape index (κ1) is 24.6. The zero-order chi connectivity index (χ0) is 22.1. The molecular formula is C20H14NiO8S2. The molecule has 0 fully saturated rings. The van der Waals surface area contributed by atoms with Crippen molar-refractivity contribution in [1.29, 1.82) is 0 Å². The molecule has 0 spiro atoms. The molecule has 31 heavy (non-hydrogen) atoms. The van der Waals surface area contributed by atoms with E-state index in [2.05, 4.69) is 0 Å². The third-order valence-corrected chi connectivity index (χ3v) is 5.83. The first-order valence-corrected chi connectivity index (χ1v) is 11.1. The van der Waals surface area contributed by atoms with Gasteiger partial charge in [-0.05, 0) is 70.1 Å². The first-order valence-electron chi connectivity index (χ1n) is 8.31. The molecule has 2 N–H and O–H groups in total. The van der Waals surface area contributed by atoms with Gasteiger partial charge in [0.25, 0.3) is 0 Å². The zero-order valence-corrected chi connectivity index (χ0v) is 18.0. The maximum atomic E-state index is 10.7. The minimum atomic E-state index is -4.42. The van der Waals surface area contributed by atoms with Crippen LogP contribution in [0.25, 0.3) is 21.5 Å². The van der Waals surface area contributed by atoms with Gasteiger partial charge in [0.2, 0.25) is 0 Å². The number of hydrogen-bond donors (Lipinski definition) is 2. The van der Waals surface area contributed by atoms with E-state index in [0.29, 0.717) is 21.5 Å². The van der Waals surface area contributed by atoms with Gasteiger partial charge < -0.3 is 19.3 Å². The number of rotatable bonds is 2. The SMILES string of the molecule is O=S(=O)([O-])c1ccc2cc(O)ccc2c1.O=S(=O)([O-])c1ccc2cc(O)ccc2c1.[Ni+2]. The van der Waals surface area contributed by atoms with Gasteiger partial charge in [0.1, 0.15) is 31.7 Å². The first-order chi connectivity index (χ1) is 13.9. The van der Waals surface area contributed by atoms with E-state index in [-0.39, 0.29) is 37.8 Å². The third-order valence-electron chi connectivity index (χ3n) is 4.17. The Morgan fingerprint density at radius 2 is 0.806 bits per heavy atom. The van der Waals surface area contributed by atoms with Crippen molar-refractivity contribution < 1.29 is 52.6 Å². The van der Waals surface area contributed by atoms with E-state index in [1.807, 2.05) is 0 Å². The van der Waals surface area contributed by atoms with Gasteiger partial charge in [0.05, 0.1) is 9.79 Å². The van der Waals surface area contributed by atoms with Crippen molar-refractivity contribution in [2.75, 3.05) is 0 Å². The van der Waals surface area contributed by atoms with Crippen molar-refractivity contribution >= 4 is 41.8 Å². The van der Waals surface area contributed by atoms with Crippen LogP contribution in [0.1, 0.15) is 0 Å². The van der Waals surface area contributed by atoms with E-state index in [1.54, 1.807) is 12.1 Å². The predicted molar refractivity (Wildman–Crippen MR) is 107 cm³/mol. The van der Waals surface area contributed by atoms with Gasteiger partial charge in [-0.15, -0.1) is 0 Å². The second-order valence-electron chi connectivity index (χ2n) is 6.29. The number of hydrogen-bond acceptors (Lipinski definition) is 8. The van der Waals surface area contributed by atoms with Crippen LogP contribution in [0, 0.1) is 0 Å². The number of aromatic hydroxyl groups is 2. The molecule has 0 heterocycles. The van der Waals surface area contributed by atoms with Gasteiger partial charge in [-0.2, -0.15) is 0 Å². The molecule has 11 heteroatoms. The van der Waals surface area contributed by atoms with E-state index in [9.17, 15) is 36.2 Å². The van der Waals surface area contributed by atoms with Crippen LogP contribution in [-0.2, 0) is 36.7 Å². The van der Waals surface area contributed by atoms with Crippen molar-refractivity contribution in [2.45, 2.75) is 9.79 Å². The fourth-order valence-corrected chi connectivity index (χ4v) is 3.75. The third kappa shape index (κ3) is 6.16. The molecule has 4 aromatic rings.